The van der Waals surface area contributed by atoms with Gasteiger partial charge in [0.1, 0.15) is 18.5 Å². The summed E-state index contributed by atoms with van der Waals surface area (Å²) in [5.41, 5.74) is 1.56. The molecule has 19 heteroatoms. The van der Waals surface area contributed by atoms with Gasteiger partial charge in [0.05, 0.1) is 53.7 Å². The predicted molar refractivity (Wildman–Crippen MR) is 152 cm³/mol. The number of sulfonamides is 1. The maximum Gasteiger partial charge on any atom is 0.308 e. The van der Waals surface area contributed by atoms with Crippen LogP contribution in [0.3, 0.4) is 0 Å². The summed E-state index contributed by atoms with van der Waals surface area (Å²) in [5.74, 6) is -1.76. The summed E-state index contributed by atoms with van der Waals surface area (Å²) in [6, 6.07) is 5.36. The molecule has 0 bridgehead atoms. The predicted octanol–water partition coefficient (Wildman–Crippen LogP) is 1.64. The Balaban J connectivity index is 2.20. The lowest BCUT2D eigenvalue weighted by molar-refractivity contribution is -0.511. The third kappa shape index (κ3) is 13.0. The minimum Gasteiger partial charge on any atom is -0.463 e. The van der Waals surface area contributed by atoms with Gasteiger partial charge in [0.15, 0.2) is 0 Å². The second-order valence-electron chi connectivity index (χ2n) is 10.1. The summed E-state index contributed by atoms with van der Waals surface area (Å²) in [4.78, 5) is 30.0. The number of carbonyl (C=O) groups is 1. The maximum absolute atomic E-state index is 13.7. The fourth-order valence-corrected chi connectivity index (χ4v) is 4.22. The minimum atomic E-state index is -3.72. The Labute approximate surface area is 258 Å². The Morgan fingerprint density at radius 2 is 1.71 bits per heavy atom. The lowest BCUT2D eigenvalue weighted by atomic mass is 9.97. The number of ether oxygens (including phenoxy) is 1. The number of carbonyl (C=O) groups excluding carboxylic acids is 1. The highest BCUT2D eigenvalue weighted by atomic mass is 32.2. The van der Waals surface area contributed by atoms with Gasteiger partial charge in [-0.15, -0.1) is 0 Å². The SMILES string of the molecule is CC(C)c1nc(N(C)S(C)(=O)=O)nc(-c2ccc(F)cc2)c1/C=C/C(O)CC(O)CC(=O)OCC(CCON(O)O)ON(O)O. The van der Waals surface area contributed by atoms with Crippen molar-refractivity contribution in [2.75, 3.05) is 30.8 Å². The van der Waals surface area contributed by atoms with Gasteiger partial charge in [-0.1, -0.05) is 26.0 Å². The molecule has 252 valence electrons. The first-order chi connectivity index (χ1) is 21.0. The van der Waals surface area contributed by atoms with Crippen LogP contribution < -0.4 is 4.31 Å². The molecule has 3 unspecified atom stereocenters. The van der Waals surface area contributed by atoms with Gasteiger partial charge in [0, 0.05) is 31.0 Å². The van der Waals surface area contributed by atoms with Crippen molar-refractivity contribution < 1.29 is 63.1 Å². The largest absolute Gasteiger partial charge is 0.463 e. The number of hydrogen-bond acceptors (Lipinski definition) is 16. The van der Waals surface area contributed by atoms with Crippen molar-refractivity contribution in [3.05, 3.63) is 47.4 Å². The van der Waals surface area contributed by atoms with Gasteiger partial charge in [0.2, 0.25) is 16.0 Å². The summed E-state index contributed by atoms with van der Waals surface area (Å²) in [6.45, 7) is 2.74. The number of anilines is 1. The van der Waals surface area contributed by atoms with E-state index in [2.05, 4.69) is 19.6 Å². The zero-order chi connectivity index (χ0) is 33.9. The van der Waals surface area contributed by atoms with Crippen molar-refractivity contribution in [2.24, 2.45) is 0 Å². The smallest absolute Gasteiger partial charge is 0.308 e. The van der Waals surface area contributed by atoms with Crippen LogP contribution in [-0.4, -0.2) is 111 Å². The van der Waals surface area contributed by atoms with Crippen molar-refractivity contribution in [3.8, 4) is 11.3 Å². The first-order valence-electron chi connectivity index (χ1n) is 13.4. The lowest BCUT2D eigenvalue weighted by Crippen LogP contribution is -2.31. The molecule has 2 aromatic rings. The van der Waals surface area contributed by atoms with E-state index in [0.29, 0.717) is 16.8 Å². The zero-order valence-corrected chi connectivity index (χ0v) is 25.8. The van der Waals surface area contributed by atoms with Crippen LogP contribution in [0.15, 0.2) is 30.3 Å². The molecule has 6 N–H and O–H groups in total. The monoisotopic (exact) mass is 663 g/mol. The van der Waals surface area contributed by atoms with Crippen molar-refractivity contribution in [1.29, 1.82) is 0 Å². The lowest BCUT2D eigenvalue weighted by Gasteiger charge is -2.20. The van der Waals surface area contributed by atoms with Crippen molar-refractivity contribution in [1.82, 2.24) is 20.7 Å². The summed E-state index contributed by atoms with van der Waals surface area (Å²) in [6.07, 6.45) is -1.03. The van der Waals surface area contributed by atoms with Gasteiger partial charge < -0.3 is 14.9 Å². The van der Waals surface area contributed by atoms with Crippen molar-refractivity contribution >= 4 is 28.0 Å². The molecule has 2 rings (SSSR count). The number of aromatic nitrogens is 2. The topological polar surface area (TPSA) is 236 Å². The van der Waals surface area contributed by atoms with Gasteiger partial charge in [-0.05, 0) is 30.2 Å². The Kier molecular flexibility index (Phi) is 14.7. The van der Waals surface area contributed by atoms with E-state index in [9.17, 15) is 27.8 Å². The molecular formula is C26H38FN5O12S. The number of halogens is 1. The van der Waals surface area contributed by atoms with E-state index in [0.717, 1.165) is 10.6 Å². The molecule has 1 aromatic heterocycles. The molecule has 0 amide bonds. The molecular weight excluding hydrogens is 625 g/mol. The van der Waals surface area contributed by atoms with Crippen LogP contribution >= 0.6 is 0 Å². The molecule has 0 fully saturated rings. The minimum absolute atomic E-state index is 0.109. The normalized spacial score (nSPS) is 14.4. The molecule has 0 aliphatic rings. The number of hydrogen-bond donors (Lipinski definition) is 6. The Hall–Kier alpha value is -3.21. The van der Waals surface area contributed by atoms with Crippen LogP contribution in [0.5, 0.6) is 0 Å². The third-order valence-electron chi connectivity index (χ3n) is 6.13. The van der Waals surface area contributed by atoms with Crippen molar-refractivity contribution in [2.45, 2.75) is 57.3 Å². The fourth-order valence-electron chi connectivity index (χ4n) is 3.85. The van der Waals surface area contributed by atoms with Gasteiger partial charge in [-0.25, -0.2) is 31.9 Å². The van der Waals surface area contributed by atoms with Crippen LogP contribution in [-0.2, 0) is 29.2 Å². The van der Waals surface area contributed by atoms with Crippen LogP contribution in [0.4, 0.5) is 10.3 Å². The number of benzene rings is 1. The molecule has 17 nitrogen and oxygen atoms in total. The molecule has 0 saturated carbocycles. The number of nitrogens with zero attached hydrogens (tertiary/aromatic N) is 5. The van der Waals surface area contributed by atoms with E-state index in [1.165, 1.54) is 43.5 Å². The number of aliphatic hydroxyl groups excluding tert-OH is 2. The van der Waals surface area contributed by atoms with Gasteiger partial charge in [0.25, 0.3) is 0 Å². The van der Waals surface area contributed by atoms with Crippen molar-refractivity contribution in [3.63, 3.8) is 0 Å². The maximum atomic E-state index is 13.7. The molecule has 0 aliphatic heterocycles. The van der Waals surface area contributed by atoms with Crippen LogP contribution in [0, 0.1) is 5.82 Å². The second-order valence-corrected chi connectivity index (χ2v) is 12.1. The van der Waals surface area contributed by atoms with E-state index in [-0.39, 0.29) is 37.0 Å². The molecule has 1 heterocycles. The number of esters is 1. The van der Waals surface area contributed by atoms with E-state index >= 15 is 0 Å². The van der Waals surface area contributed by atoms with Gasteiger partial charge in [-0.3, -0.25) is 30.5 Å². The summed E-state index contributed by atoms with van der Waals surface area (Å²) in [7, 11) is -2.42. The quantitative estimate of drug-likeness (QED) is 0.0982. The fraction of sp³-hybridized carbons (Fsp3) is 0.500. The molecule has 0 saturated heterocycles. The average Bonchev–Trinajstić information content (AvgIpc) is 2.93. The second kappa shape index (κ2) is 17.5. The third-order valence-corrected chi connectivity index (χ3v) is 7.29. The Morgan fingerprint density at radius 3 is 2.27 bits per heavy atom. The first kappa shape index (κ1) is 38.0. The standard InChI is InChI=1S/C26H38FN5O12S/c1-16(2)24-22(25(17-5-7-18(27)8-6-17)29-26(28-24)30(3)45(4,40)41)10-9-19(33)13-20(34)14-23(35)42-15-21(44-32(38)39)11-12-43-31(36)37/h5-10,16,19-21,33-34,36-39H,11-15H2,1-4H3/b10-9+. The molecule has 1 aromatic carbocycles. The van der Waals surface area contributed by atoms with E-state index in [1.54, 1.807) is 0 Å². The van der Waals surface area contributed by atoms with Gasteiger partial charge in [-0.2, -0.15) is 0 Å². The summed E-state index contributed by atoms with van der Waals surface area (Å²) < 4.78 is 44.0. The van der Waals surface area contributed by atoms with Crippen LogP contribution in [0.25, 0.3) is 17.3 Å². The number of rotatable bonds is 18. The molecule has 45 heavy (non-hydrogen) atoms. The first-order valence-corrected chi connectivity index (χ1v) is 15.3. The van der Waals surface area contributed by atoms with Crippen LogP contribution in [0.1, 0.15) is 50.3 Å². The highest BCUT2D eigenvalue weighted by Gasteiger charge is 2.23. The summed E-state index contributed by atoms with van der Waals surface area (Å²) in [5, 5.41) is 54.5. The van der Waals surface area contributed by atoms with Gasteiger partial charge >= 0.3 is 5.97 Å². The molecule has 0 spiro atoms. The average molecular weight is 664 g/mol. The Bertz CT molecular complexity index is 1380. The van der Waals surface area contributed by atoms with E-state index in [4.69, 9.17) is 25.6 Å². The zero-order valence-electron chi connectivity index (χ0n) is 25.0. The highest BCUT2D eigenvalue weighted by molar-refractivity contribution is 7.92. The van der Waals surface area contributed by atoms with Crippen LogP contribution in [0.2, 0.25) is 0 Å². The molecule has 0 aliphatic carbocycles. The Morgan fingerprint density at radius 1 is 1.07 bits per heavy atom. The molecule has 0 radical (unpaired) electrons. The van der Waals surface area contributed by atoms with E-state index in [1.807, 2.05) is 13.8 Å². The highest BCUT2D eigenvalue weighted by Crippen LogP contribution is 2.31. The number of aliphatic hydroxyl groups is 2. The van der Waals surface area contributed by atoms with E-state index < -0.39 is 63.9 Å². The summed E-state index contributed by atoms with van der Waals surface area (Å²) >= 11 is 0. The molecule has 3 atom stereocenters.